The number of rotatable bonds is 4. The molecule has 0 radical (unpaired) electrons. The Morgan fingerprint density at radius 2 is 2.16 bits per heavy atom. The predicted octanol–water partition coefficient (Wildman–Crippen LogP) is 1.33. The third kappa shape index (κ3) is 3.84. The zero-order valence-corrected chi connectivity index (χ0v) is 12.4. The molecule has 1 heterocycles. The summed E-state index contributed by atoms with van der Waals surface area (Å²) in [6.07, 6.45) is 7.23. The van der Waals surface area contributed by atoms with Crippen LogP contribution in [0, 0.1) is 0 Å². The number of pyridine rings is 1. The molecule has 19 heavy (non-hydrogen) atoms. The smallest absolute Gasteiger partial charge is 0.247 e. The normalized spacial score (nSPS) is 24.3. The number of thioether (sulfide) groups is 1. The van der Waals surface area contributed by atoms with Crippen LogP contribution in [0.1, 0.15) is 25.7 Å². The van der Waals surface area contributed by atoms with E-state index in [1.54, 1.807) is 11.8 Å². The number of nitrogens with one attached hydrogen (secondary N) is 2. The highest BCUT2D eigenvalue weighted by Crippen LogP contribution is 2.27. The lowest BCUT2D eigenvalue weighted by atomic mass is 9.96. The molecule has 2 unspecified atom stereocenters. The first kappa shape index (κ1) is 14.6. The lowest BCUT2D eigenvalue weighted by Crippen LogP contribution is -2.39. The average molecular weight is 302 g/mol. The Morgan fingerprint density at radius 3 is 2.79 bits per heavy atom. The summed E-state index contributed by atoms with van der Waals surface area (Å²) in [5, 5.41) is 0.525. The van der Waals surface area contributed by atoms with Gasteiger partial charge in [0.05, 0.1) is 4.90 Å². The van der Waals surface area contributed by atoms with Crippen LogP contribution in [0.5, 0.6) is 0 Å². The second-order valence-electron chi connectivity index (χ2n) is 4.73. The van der Waals surface area contributed by atoms with E-state index < -0.39 is 10.0 Å². The molecule has 7 heteroatoms. The van der Waals surface area contributed by atoms with Crippen LogP contribution in [-0.4, -0.2) is 30.9 Å². The van der Waals surface area contributed by atoms with E-state index in [2.05, 4.69) is 16.0 Å². The Bertz CT molecular complexity index is 562. The highest BCUT2D eigenvalue weighted by atomic mass is 32.2. The largest absolute Gasteiger partial charge is 0.328 e. The molecule has 1 saturated carbocycles. The Morgan fingerprint density at radius 1 is 1.37 bits per heavy atom. The van der Waals surface area contributed by atoms with Gasteiger partial charge in [0, 0.05) is 23.6 Å². The van der Waals surface area contributed by atoms with E-state index in [9.17, 15) is 13.2 Å². The van der Waals surface area contributed by atoms with Crippen molar-refractivity contribution in [3.8, 4) is 0 Å². The molecule has 0 aromatic carbocycles. The third-order valence-electron chi connectivity index (χ3n) is 3.35. The molecular weight excluding hydrogens is 284 g/mol. The molecule has 2 N–H and O–H groups in total. The Balaban J connectivity index is 2.08. The lowest BCUT2D eigenvalue weighted by molar-refractivity contribution is 0.420. The quantitative estimate of drug-likeness (QED) is 0.879. The van der Waals surface area contributed by atoms with Gasteiger partial charge in [0.25, 0.3) is 0 Å². The number of hydrogen-bond acceptors (Lipinski definition) is 4. The molecule has 5 nitrogen and oxygen atoms in total. The molecule has 0 spiro atoms. The fraction of sp³-hybridized carbons (Fsp3) is 0.583. The molecule has 2 rings (SSSR count). The molecule has 2 atom stereocenters. The highest BCUT2D eigenvalue weighted by Gasteiger charge is 2.26. The molecule has 1 aliphatic carbocycles. The maximum absolute atomic E-state index is 12.2. The van der Waals surface area contributed by atoms with Gasteiger partial charge in [0.15, 0.2) is 0 Å². The number of sulfonamides is 1. The summed E-state index contributed by atoms with van der Waals surface area (Å²) in [5.74, 6) is 0. The van der Waals surface area contributed by atoms with E-state index in [0.717, 1.165) is 25.7 Å². The van der Waals surface area contributed by atoms with Gasteiger partial charge in [0.1, 0.15) is 0 Å². The summed E-state index contributed by atoms with van der Waals surface area (Å²) in [4.78, 5) is 13.4. The first-order valence-electron chi connectivity index (χ1n) is 6.25. The van der Waals surface area contributed by atoms with Crippen molar-refractivity contribution in [2.75, 3.05) is 6.26 Å². The second-order valence-corrected chi connectivity index (χ2v) is 7.58. The minimum Gasteiger partial charge on any atom is -0.328 e. The van der Waals surface area contributed by atoms with Crippen molar-refractivity contribution in [2.24, 2.45) is 0 Å². The molecule has 0 amide bonds. The summed E-state index contributed by atoms with van der Waals surface area (Å²) in [5.41, 5.74) is -0.306. The van der Waals surface area contributed by atoms with E-state index in [4.69, 9.17) is 0 Å². The van der Waals surface area contributed by atoms with Crippen molar-refractivity contribution < 1.29 is 8.42 Å². The van der Waals surface area contributed by atoms with Crippen LogP contribution in [0.2, 0.25) is 0 Å². The van der Waals surface area contributed by atoms with Gasteiger partial charge in [-0.2, -0.15) is 11.8 Å². The number of hydrogen-bond donors (Lipinski definition) is 2. The molecule has 106 valence electrons. The van der Waals surface area contributed by atoms with Gasteiger partial charge < -0.3 is 4.98 Å². The van der Waals surface area contributed by atoms with Crippen LogP contribution >= 0.6 is 11.8 Å². The predicted molar refractivity (Wildman–Crippen MR) is 76.9 cm³/mol. The van der Waals surface area contributed by atoms with Gasteiger partial charge in [-0.15, -0.1) is 0 Å². The van der Waals surface area contributed by atoms with Crippen LogP contribution in [0.3, 0.4) is 0 Å². The minimum atomic E-state index is -3.54. The van der Waals surface area contributed by atoms with Gasteiger partial charge in [-0.25, -0.2) is 13.1 Å². The van der Waals surface area contributed by atoms with Crippen molar-refractivity contribution in [1.29, 1.82) is 0 Å². The van der Waals surface area contributed by atoms with Gasteiger partial charge in [-0.05, 0) is 31.6 Å². The SMILES string of the molecule is CSC1CCCC(NS(=O)(=O)c2ccc(=O)[nH]c2)C1. The molecule has 1 aromatic heterocycles. The van der Waals surface area contributed by atoms with Crippen molar-refractivity contribution in [2.45, 2.75) is 41.9 Å². The summed E-state index contributed by atoms with van der Waals surface area (Å²) in [6.45, 7) is 0. The number of aromatic nitrogens is 1. The second kappa shape index (κ2) is 6.11. The fourth-order valence-corrected chi connectivity index (χ4v) is 4.39. The fourth-order valence-electron chi connectivity index (χ4n) is 2.32. The molecule has 1 aromatic rings. The van der Waals surface area contributed by atoms with E-state index >= 15 is 0 Å². The molecule has 1 fully saturated rings. The van der Waals surface area contributed by atoms with E-state index in [1.165, 1.54) is 18.3 Å². The summed E-state index contributed by atoms with van der Waals surface area (Å²) in [6, 6.07) is 2.54. The number of aromatic amines is 1. The minimum absolute atomic E-state index is 0.0110. The lowest BCUT2D eigenvalue weighted by Gasteiger charge is -2.28. The van der Waals surface area contributed by atoms with Crippen molar-refractivity contribution in [3.63, 3.8) is 0 Å². The van der Waals surface area contributed by atoms with Crippen LogP contribution in [-0.2, 0) is 10.0 Å². The van der Waals surface area contributed by atoms with Crippen LogP contribution in [0.4, 0.5) is 0 Å². The topological polar surface area (TPSA) is 79.0 Å². The first-order chi connectivity index (χ1) is 9.01. The van der Waals surface area contributed by atoms with Gasteiger partial charge in [-0.1, -0.05) is 6.42 Å². The van der Waals surface area contributed by atoms with Gasteiger partial charge in [0.2, 0.25) is 15.6 Å². The maximum atomic E-state index is 12.2. The van der Waals surface area contributed by atoms with E-state index in [-0.39, 0.29) is 16.5 Å². The van der Waals surface area contributed by atoms with E-state index in [0.29, 0.717) is 5.25 Å². The zero-order valence-electron chi connectivity index (χ0n) is 10.8. The summed E-state index contributed by atoms with van der Waals surface area (Å²) >= 11 is 1.79. The third-order valence-corrected chi connectivity index (χ3v) is 5.96. The van der Waals surface area contributed by atoms with Crippen LogP contribution < -0.4 is 10.3 Å². The van der Waals surface area contributed by atoms with Crippen molar-refractivity contribution in [1.82, 2.24) is 9.71 Å². The van der Waals surface area contributed by atoms with Crippen molar-refractivity contribution in [3.05, 3.63) is 28.7 Å². The van der Waals surface area contributed by atoms with Crippen LogP contribution in [0.15, 0.2) is 28.0 Å². The molecule has 1 aliphatic rings. The Labute approximate surface area is 117 Å². The Kier molecular flexibility index (Phi) is 4.70. The van der Waals surface area contributed by atoms with Gasteiger partial charge >= 0.3 is 0 Å². The molecular formula is C12H18N2O3S2. The molecule has 0 aliphatic heterocycles. The zero-order chi connectivity index (χ0) is 13.9. The summed E-state index contributed by atoms with van der Waals surface area (Å²) in [7, 11) is -3.54. The number of H-pyrrole nitrogens is 1. The average Bonchev–Trinajstić information content (AvgIpc) is 2.39. The van der Waals surface area contributed by atoms with Crippen LogP contribution in [0.25, 0.3) is 0 Å². The summed E-state index contributed by atoms with van der Waals surface area (Å²) < 4.78 is 27.1. The van der Waals surface area contributed by atoms with Gasteiger partial charge in [-0.3, -0.25) is 4.79 Å². The van der Waals surface area contributed by atoms with Crippen molar-refractivity contribution >= 4 is 21.8 Å². The molecule has 0 saturated heterocycles. The highest BCUT2D eigenvalue weighted by molar-refractivity contribution is 7.99. The molecule has 0 bridgehead atoms. The Hall–Kier alpha value is -0.790. The van der Waals surface area contributed by atoms with E-state index in [1.807, 2.05) is 0 Å². The first-order valence-corrected chi connectivity index (χ1v) is 9.02. The maximum Gasteiger partial charge on any atom is 0.247 e. The monoisotopic (exact) mass is 302 g/mol. The standard InChI is InChI=1S/C12H18N2O3S2/c1-18-10-4-2-3-9(7-10)14-19(16,17)11-5-6-12(15)13-8-11/h5-6,8-10,14H,2-4,7H2,1H3,(H,13,15).